The molecule has 0 bridgehead atoms. The Morgan fingerprint density at radius 2 is 2.23 bits per heavy atom. The van der Waals surface area contributed by atoms with Crippen LogP contribution in [-0.2, 0) is 0 Å². The monoisotopic (exact) mass is 176 g/mol. The molecule has 0 spiro atoms. The first kappa shape index (κ1) is 8.04. The molecular formula is C9H12N4. The number of hydrogen-bond acceptors (Lipinski definition) is 3. The quantitative estimate of drug-likeness (QED) is 0.694. The minimum absolute atomic E-state index is 0.364. The Balaban J connectivity index is 2.80. The van der Waals surface area contributed by atoms with Gasteiger partial charge in [0.2, 0.25) is 0 Å². The van der Waals surface area contributed by atoms with Crippen molar-refractivity contribution in [1.29, 1.82) is 0 Å². The Morgan fingerprint density at radius 1 is 1.46 bits per heavy atom. The highest BCUT2D eigenvalue weighted by molar-refractivity contribution is 5.90. The van der Waals surface area contributed by atoms with Crippen molar-refractivity contribution >= 4 is 16.7 Å². The van der Waals surface area contributed by atoms with Crippen molar-refractivity contribution in [2.24, 2.45) is 0 Å². The van der Waals surface area contributed by atoms with Crippen molar-refractivity contribution in [2.45, 2.75) is 19.8 Å². The molecule has 0 aromatic carbocycles. The van der Waals surface area contributed by atoms with Gasteiger partial charge in [0.15, 0.2) is 5.82 Å². The standard InChI is InChI=1S/C9H12N4/c1-5(2)8-7-6(3-4-11-8)12-13-9(7)10/h3-5H,1-2H3,(H3,10,12,13). The number of nitrogen functional groups attached to an aromatic ring is 1. The maximum absolute atomic E-state index is 5.73. The van der Waals surface area contributed by atoms with Crippen LogP contribution in [0.15, 0.2) is 12.3 Å². The average molecular weight is 176 g/mol. The Bertz CT molecular complexity index is 430. The summed E-state index contributed by atoms with van der Waals surface area (Å²) in [5.41, 5.74) is 7.69. The van der Waals surface area contributed by atoms with Crippen LogP contribution in [0.2, 0.25) is 0 Å². The summed E-state index contributed by atoms with van der Waals surface area (Å²) >= 11 is 0. The van der Waals surface area contributed by atoms with E-state index in [4.69, 9.17) is 5.73 Å². The van der Waals surface area contributed by atoms with E-state index in [0.717, 1.165) is 16.6 Å². The first-order valence-electron chi connectivity index (χ1n) is 4.28. The van der Waals surface area contributed by atoms with Gasteiger partial charge < -0.3 is 5.73 Å². The van der Waals surface area contributed by atoms with E-state index in [-0.39, 0.29) is 0 Å². The van der Waals surface area contributed by atoms with Crippen LogP contribution in [0.3, 0.4) is 0 Å². The number of anilines is 1. The van der Waals surface area contributed by atoms with Gasteiger partial charge in [0.05, 0.1) is 16.6 Å². The fourth-order valence-corrected chi connectivity index (χ4v) is 1.45. The molecule has 0 aliphatic heterocycles. The van der Waals surface area contributed by atoms with Crippen LogP contribution in [0, 0.1) is 0 Å². The molecule has 4 heteroatoms. The van der Waals surface area contributed by atoms with Gasteiger partial charge in [0.25, 0.3) is 0 Å². The van der Waals surface area contributed by atoms with Crippen LogP contribution < -0.4 is 5.73 Å². The molecule has 0 saturated heterocycles. The molecular weight excluding hydrogens is 164 g/mol. The fraction of sp³-hybridized carbons (Fsp3) is 0.333. The van der Waals surface area contributed by atoms with Gasteiger partial charge in [-0.05, 0) is 12.0 Å². The van der Waals surface area contributed by atoms with Gasteiger partial charge in [-0.2, -0.15) is 5.10 Å². The van der Waals surface area contributed by atoms with E-state index in [9.17, 15) is 0 Å². The Kier molecular flexibility index (Phi) is 1.69. The van der Waals surface area contributed by atoms with E-state index in [1.165, 1.54) is 0 Å². The lowest BCUT2D eigenvalue weighted by Crippen LogP contribution is -1.95. The summed E-state index contributed by atoms with van der Waals surface area (Å²) in [5, 5.41) is 7.78. The molecule has 0 aliphatic rings. The number of aromatic nitrogens is 3. The third-order valence-corrected chi connectivity index (χ3v) is 2.08. The van der Waals surface area contributed by atoms with E-state index >= 15 is 0 Å². The number of nitrogens with one attached hydrogen (secondary N) is 1. The van der Waals surface area contributed by atoms with Crippen LogP contribution >= 0.6 is 0 Å². The van der Waals surface area contributed by atoms with Crippen LogP contribution in [0.4, 0.5) is 5.82 Å². The van der Waals surface area contributed by atoms with Crippen LogP contribution in [0.1, 0.15) is 25.5 Å². The normalized spacial score (nSPS) is 11.3. The summed E-state index contributed by atoms with van der Waals surface area (Å²) in [5.74, 6) is 0.899. The van der Waals surface area contributed by atoms with Crippen molar-refractivity contribution < 1.29 is 0 Å². The Morgan fingerprint density at radius 3 is 2.92 bits per heavy atom. The third kappa shape index (κ3) is 1.14. The summed E-state index contributed by atoms with van der Waals surface area (Å²) in [6, 6.07) is 1.88. The van der Waals surface area contributed by atoms with Crippen LogP contribution in [0.25, 0.3) is 10.9 Å². The van der Waals surface area contributed by atoms with Crippen molar-refractivity contribution in [3.05, 3.63) is 18.0 Å². The van der Waals surface area contributed by atoms with E-state index in [2.05, 4.69) is 29.0 Å². The SMILES string of the molecule is CC(C)c1nccc2[nH]nc(N)c12. The minimum Gasteiger partial charge on any atom is -0.382 e. The number of fused-ring (bicyclic) bond motifs is 1. The highest BCUT2D eigenvalue weighted by atomic mass is 15.2. The largest absolute Gasteiger partial charge is 0.382 e. The van der Waals surface area contributed by atoms with E-state index in [1.54, 1.807) is 6.20 Å². The molecule has 0 amide bonds. The zero-order valence-electron chi connectivity index (χ0n) is 7.70. The number of pyridine rings is 1. The van der Waals surface area contributed by atoms with Gasteiger partial charge in [-0.15, -0.1) is 0 Å². The molecule has 0 aliphatic carbocycles. The van der Waals surface area contributed by atoms with Crippen LogP contribution in [-0.4, -0.2) is 15.2 Å². The van der Waals surface area contributed by atoms with Crippen molar-refractivity contribution in [3.63, 3.8) is 0 Å². The number of aromatic amines is 1. The van der Waals surface area contributed by atoms with Gasteiger partial charge in [0.1, 0.15) is 0 Å². The van der Waals surface area contributed by atoms with E-state index in [0.29, 0.717) is 11.7 Å². The lowest BCUT2D eigenvalue weighted by Gasteiger charge is -2.04. The van der Waals surface area contributed by atoms with Crippen molar-refractivity contribution in [2.75, 3.05) is 5.73 Å². The molecule has 0 saturated carbocycles. The van der Waals surface area contributed by atoms with Crippen molar-refractivity contribution in [1.82, 2.24) is 15.2 Å². The Hall–Kier alpha value is -1.58. The summed E-state index contributed by atoms with van der Waals surface area (Å²) in [4.78, 5) is 4.30. The number of nitrogens with zero attached hydrogens (tertiary/aromatic N) is 2. The number of rotatable bonds is 1. The highest BCUT2D eigenvalue weighted by Crippen LogP contribution is 2.25. The summed E-state index contributed by atoms with van der Waals surface area (Å²) in [6.45, 7) is 4.18. The molecule has 68 valence electrons. The molecule has 0 fully saturated rings. The van der Waals surface area contributed by atoms with Crippen molar-refractivity contribution in [3.8, 4) is 0 Å². The second-order valence-corrected chi connectivity index (χ2v) is 3.38. The predicted octanol–water partition coefficient (Wildman–Crippen LogP) is 1.66. The lowest BCUT2D eigenvalue weighted by atomic mass is 10.1. The lowest BCUT2D eigenvalue weighted by molar-refractivity contribution is 0.835. The second-order valence-electron chi connectivity index (χ2n) is 3.38. The molecule has 2 aromatic heterocycles. The smallest absolute Gasteiger partial charge is 0.154 e. The summed E-state index contributed by atoms with van der Waals surface area (Å²) < 4.78 is 0. The molecule has 2 rings (SSSR count). The second kappa shape index (κ2) is 2.73. The summed E-state index contributed by atoms with van der Waals surface area (Å²) in [6.07, 6.45) is 1.77. The topological polar surface area (TPSA) is 67.6 Å². The first-order chi connectivity index (χ1) is 6.20. The molecule has 2 aromatic rings. The first-order valence-corrected chi connectivity index (χ1v) is 4.28. The zero-order valence-corrected chi connectivity index (χ0v) is 7.70. The molecule has 13 heavy (non-hydrogen) atoms. The van der Waals surface area contributed by atoms with Gasteiger partial charge in [-0.1, -0.05) is 13.8 Å². The number of hydrogen-bond donors (Lipinski definition) is 2. The fourth-order valence-electron chi connectivity index (χ4n) is 1.45. The molecule has 4 nitrogen and oxygen atoms in total. The summed E-state index contributed by atoms with van der Waals surface area (Å²) in [7, 11) is 0. The van der Waals surface area contributed by atoms with Crippen LogP contribution in [0.5, 0.6) is 0 Å². The Labute approximate surface area is 76.2 Å². The minimum atomic E-state index is 0.364. The van der Waals surface area contributed by atoms with Gasteiger partial charge in [0, 0.05) is 6.20 Å². The predicted molar refractivity (Wildman–Crippen MR) is 52.4 cm³/mol. The third-order valence-electron chi connectivity index (χ3n) is 2.08. The molecule has 0 unspecified atom stereocenters. The molecule has 0 radical (unpaired) electrons. The maximum Gasteiger partial charge on any atom is 0.154 e. The molecule has 0 atom stereocenters. The average Bonchev–Trinajstić information content (AvgIpc) is 2.48. The van der Waals surface area contributed by atoms with E-state index in [1.807, 2.05) is 6.07 Å². The number of H-pyrrole nitrogens is 1. The highest BCUT2D eigenvalue weighted by Gasteiger charge is 2.11. The van der Waals surface area contributed by atoms with E-state index < -0.39 is 0 Å². The van der Waals surface area contributed by atoms with Gasteiger partial charge in [-0.25, -0.2) is 0 Å². The molecule has 3 N–H and O–H groups in total. The van der Waals surface area contributed by atoms with Gasteiger partial charge >= 0.3 is 0 Å². The van der Waals surface area contributed by atoms with Gasteiger partial charge in [-0.3, -0.25) is 10.1 Å². The number of nitrogens with two attached hydrogens (primary N) is 1. The maximum atomic E-state index is 5.73. The molecule has 2 heterocycles. The zero-order chi connectivity index (χ0) is 9.42.